The van der Waals surface area contributed by atoms with E-state index in [1.165, 1.54) is 26.0 Å². The van der Waals surface area contributed by atoms with Crippen LogP contribution < -0.4 is 32.1 Å². The number of amides is 3. The van der Waals surface area contributed by atoms with Crippen molar-refractivity contribution in [3.8, 4) is 0 Å². The molecule has 0 radical (unpaired) electrons. The van der Waals surface area contributed by atoms with Crippen LogP contribution in [0.2, 0.25) is 0 Å². The first-order chi connectivity index (χ1) is 25.8. The molecule has 0 saturated heterocycles. The molecule has 3 aromatic carbocycles. The van der Waals surface area contributed by atoms with E-state index in [2.05, 4.69) is 37.0 Å². The fourth-order valence-corrected chi connectivity index (χ4v) is 6.27. The molecule has 1 aromatic heterocycles. The van der Waals surface area contributed by atoms with Crippen LogP contribution in [0.15, 0.2) is 48.5 Å². The fraction of sp³-hybridized carbons (Fsp3) is 0.314. The zero-order chi connectivity index (χ0) is 39.2. The smallest absolute Gasteiger partial charge is 0.348 e. The highest BCUT2D eigenvalue weighted by molar-refractivity contribution is 14.1. The number of benzene rings is 3. The number of halogens is 4. The number of carbonyl (C=O) groups is 3. The Labute approximate surface area is 326 Å². The first-order valence-electron chi connectivity index (χ1n) is 16.8. The molecule has 4 aromatic rings. The molecule has 0 aliphatic carbocycles. The minimum atomic E-state index is -1.32. The largest absolute Gasteiger partial charge is 0.385 e. The van der Waals surface area contributed by atoms with Crippen LogP contribution in [0.25, 0.3) is 0 Å². The minimum Gasteiger partial charge on any atom is -0.385 e. The van der Waals surface area contributed by atoms with Crippen LogP contribution in [0, 0.1) is 38.1 Å². The van der Waals surface area contributed by atoms with E-state index in [1.54, 1.807) is 24.3 Å². The summed E-state index contributed by atoms with van der Waals surface area (Å²) in [6.07, 6.45) is 4.31. The average Bonchev–Trinajstić information content (AvgIpc) is 3.49. The van der Waals surface area contributed by atoms with Crippen LogP contribution in [0.3, 0.4) is 0 Å². The molecule has 0 spiro atoms. The summed E-state index contributed by atoms with van der Waals surface area (Å²) >= 11 is 2.66. The number of hydroxylamine groups is 1. The molecule has 0 fully saturated rings. The van der Waals surface area contributed by atoms with Crippen LogP contribution in [0.5, 0.6) is 0 Å². The second-order valence-electron chi connectivity index (χ2n) is 11.8. The highest BCUT2D eigenvalue weighted by Crippen LogP contribution is 2.31. The summed E-state index contributed by atoms with van der Waals surface area (Å²) in [6, 6.07) is 11.0. The number of nitrogens with zero attached hydrogens (tertiary/aromatic N) is 2. The van der Waals surface area contributed by atoms with Gasteiger partial charge in [0.1, 0.15) is 11.5 Å². The Morgan fingerprint density at radius 1 is 0.870 bits per heavy atom. The third kappa shape index (κ3) is 12.4. The summed E-state index contributed by atoms with van der Waals surface area (Å²) in [5.74, 6) is -4.97. The third-order valence-corrected chi connectivity index (χ3v) is 9.33. The van der Waals surface area contributed by atoms with Crippen molar-refractivity contribution < 1.29 is 37.3 Å². The lowest BCUT2D eigenvalue weighted by atomic mass is 10.1. The Hall–Kier alpha value is -4.86. The zero-order valence-corrected chi connectivity index (χ0v) is 32.2. The first kappa shape index (κ1) is 41.9. The van der Waals surface area contributed by atoms with Crippen molar-refractivity contribution in [1.29, 1.82) is 0 Å². The SMILES string of the molecule is CC(=O)Nc1cc(NCCCCCCNCCCONC(=O)c2ccc(F)c(F)c2Nc2ccc(I)cc2F)ccc1C(=O)Nc1nc(C)c([N+](=O)[O-])s1. The van der Waals surface area contributed by atoms with E-state index in [-0.39, 0.29) is 50.8 Å². The van der Waals surface area contributed by atoms with Gasteiger partial charge in [-0.25, -0.2) is 23.6 Å². The lowest BCUT2D eigenvalue weighted by molar-refractivity contribution is -0.380. The summed E-state index contributed by atoms with van der Waals surface area (Å²) in [5, 5.41) is 25.3. The number of thiazole rings is 1. The fourth-order valence-electron chi connectivity index (χ4n) is 5.04. The van der Waals surface area contributed by atoms with Crippen molar-refractivity contribution in [2.24, 2.45) is 0 Å². The molecule has 0 unspecified atom stereocenters. The van der Waals surface area contributed by atoms with Crippen LogP contribution >= 0.6 is 33.9 Å². The van der Waals surface area contributed by atoms with E-state index in [9.17, 15) is 37.7 Å². The maximum atomic E-state index is 14.6. The monoisotopic (exact) mass is 882 g/mol. The summed E-state index contributed by atoms with van der Waals surface area (Å²) in [4.78, 5) is 57.2. The average molecular weight is 883 g/mol. The predicted molar refractivity (Wildman–Crippen MR) is 209 cm³/mol. The number of hydrogen-bond acceptors (Lipinski definition) is 11. The number of carbonyl (C=O) groups excluding carboxylic acids is 3. The van der Waals surface area contributed by atoms with Crippen LogP contribution in [0.4, 0.5) is 46.1 Å². The van der Waals surface area contributed by atoms with Gasteiger partial charge in [-0.05, 0) is 122 Å². The van der Waals surface area contributed by atoms with E-state index in [4.69, 9.17) is 4.84 Å². The maximum absolute atomic E-state index is 14.6. The Kier molecular flexibility index (Phi) is 15.9. The molecule has 288 valence electrons. The van der Waals surface area contributed by atoms with Gasteiger partial charge in [0.05, 0.1) is 39.7 Å². The van der Waals surface area contributed by atoms with Crippen molar-refractivity contribution in [2.45, 2.75) is 46.0 Å². The van der Waals surface area contributed by atoms with Gasteiger partial charge >= 0.3 is 5.00 Å². The Morgan fingerprint density at radius 3 is 2.30 bits per heavy atom. The number of hydrogen-bond donors (Lipinski definition) is 6. The number of nitrogens with one attached hydrogen (secondary N) is 6. The standard InChI is InChI=1S/C35H38F3IN8O6S/c1-20-34(47(51)52)54-35(42-20)45-32(49)24-10-9-23(19-29(24)43-21(2)48)41-16-6-4-3-5-14-40-15-7-17-53-46-33(50)25-11-12-26(36)30(38)31(25)44-28-13-8-22(39)18-27(28)37/h8-13,18-19,40-41,44H,3-7,14-17H2,1-2H3,(H,43,48)(H,46,50)(H,42,45,49). The van der Waals surface area contributed by atoms with Crippen LogP contribution in [0.1, 0.15) is 65.4 Å². The van der Waals surface area contributed by atoms with Gasteiger partial charge in [0.2, 0.25) is 5.91 Å². The summed E-state index contributed by atoms with van der Waals surface area (Å²) in [5.41, 5.74) is 2.69. The lowest BCUT2D eigenvalue weighted by Crippen LogP contribution is -2.27. The van der Waals surface area contributed by atoms with Gasteiger partial charge in [-0.1, -0.05) is 12.8 Å². The van der Waals surface area contributed by atoms with Crippen molar-refractivity contribution in [1.82, 2.24) is 15.8 Å². The van der Waals surface area contributed by atoms with Gasteiger partial charge < -0.3 is 21.3 Å². The van der Waals surface area contributed by atoms with Crippen molar-refractivity contribution in [3.05, 3.63) is 96.5 Å². The molecule has 0 bridgehead atoms. The number of unbranched alkanes of at least 4 members (excludes halogenated alkanes) is 3. The number of nitro groups is 1. The van der Waals surface area contributed by atoms with E-state index in [0.717, 1.165) is 55.7 Å². The number of anilines is 5. The van der Waals surface area contributed by atoms with Crippen molar-refractivity contribution in [2.75, 3.05) is 47.5 Å². The van der Waals surface area contributed by atoms with E-state index in [0.29, 0.717) is 28.8 Å². The minimum absolute atomic E-state index is 0.0803. The van der Waals surface area contributed by atoms with Crippen LogP contribution in [-0.4, -0.2) is 53.9 Å². The molecule has 4 rings (SSSR count). The Morgan fingerprint density at radius 2 is 1.59 bits per heavy atom. The molecular weight excluding hydrogens is 844 g/mol. The maximum Gasteiger partial charge on any atom is 0.348 e. The molecule has 0 saturated carbocycles. The topological polar surface area (TPSA) is 189 Å². The van der Waals surface area contributed by atoms with E-state index < -0.39 is 39.9 Å². The highest BCUT2D eigenvalue weighted by Gasteiger charge is 2.22. The van der Waals surface area contributed by atoms with Crippen molar-refractivity contribution in [3.63, 3.8) is 0 Å². The molecule has 1 heterocycles. The van der Waals surface area contributed by atoms with Gasteiger partial charge in [-0.3, -0.25) is 34.7 Å². The van der Waals surface area contributed by atoms with E-state index >= 15 is 0 Å². The predicted octanol–water partition coefficient (Wildman–Crippen LogP) is 7.65. The number of aromatic nitrogens is 1. The quantitative estimate of drug-likeness (QED) is 0.0223. The molecule has 3 amide bonds. The Balaban J connectivity index is 1.10. The number of rotatable bonds is 20. The molecule has 54 heavy (non-hydrogen) atoms. The molecule has 14 nitrogen and oxygen atoms in total. The molecule has 0 aliphatic heterocycles. The lowest BCUT2D eigenvalue weighted by Gasteiger charge is -2.14. The second-order valence-corrected chi connectivity index (χ2v) is 14.0. The van der Waals surface area contributed by atoms with E-state index in [1.807, 2.05) is 22.6 Å². The molecule has 19 heteroatoms. The van der Waals surface area contributed by atoms with Crippen molar-refractivity contribution >= 4 is 84.5 Å². The summed E-state index contributed by atoms with van der Waals surface area (Å²) in [7, 11) is 0. The van der Waals surface area contributed by atoms with Crippen LogP contribution in [-0.2, 0) is 9.63 Å². The van der Waals surface area contributed by atoms with Gasteiger partial charge in [0.15, 0.2) is 16.8 Å². The Bertz CT molecular complexity index is 1990. The molecule has 0 atom stereocenters. The van der Waals surface area contributed by atoms with Gasteiger partial charge in [-0.2, -0.15) is 0 Å². The molecular formula is C35H38F3IN8O6S. The normalized spacial score (nSPS) is 10.9. The van der Waals surface area contributed by atoms with Gasteiger partial charge in [0.25, 0.3) is 11.8 Å². The van der Waals surface area contributed by atoms with Gasteiger partial charge in [0, 0.05) is 22.7 Å². The van der Waals surface area contributed by atoms with Gasteiger partial charge in [-0.15, -0.1) is 0 Å². The number of aryl methyl sites for hydroxylation is 1. The zero-order valence-electron chi connectivity index (χ0n) is 29.2. The molecule has 6 N–H and O–H groups in total. The molecule has 0 aliphatic rings. The summed E-state index contributed by atoms with van der Waals surface area (Å²) < 4.78 is 43.5. The summed E-state index contributed by atoms with van der Waals surface area (Å²) in [6.45, 7) is 5.02. The third-order valence-electron chi connectivity index (χ3n) is 7.64. The first-order valence-corrected chi connectivity index (χ1v) is 18.6. The second kappa shape index (κ2) is 20.6. The highest BCUT2D eigenvalue weighted by atomic mass is 127.